The molecule has 0 spiro atoms. The average molecular weight is 593 g/mol. The molecule has 6 rings (SSSR count). The number of ether oxygens (including phenoxy) is 3. The molecule has 8 heteroatoms. The second kappa shape index (κ2) is 12.4. The van der Waals surface area contributed by atoms with Gasteiger partial charge >= 0.3 is 5.97 Å². The highest BCUT2D eigenvalue weighted by Crippen LogP contribution is 2.36. The summed E-state index contributed by atoms with van der Waals surface area (Å²) in [6.07, 6.45) is 2.78. The van der Waals surface area contributed by atoms with Crippen LogP contribution in [0.25, 0.3) is 27.6 Å². The van der Waals surface area contributed by atoms with Gasteiger partial charge in [-0.05, 0) is 58.7 Å². The normalized spacial score (nSPS) is 15.0. The van der Waals surface area contributed by atoms with Gasteiger partial charge in [0.05, 0.1) is 29.0 Å². The minimum absolute atomic E-state index is 0.0887. The number of hydrogen-bond acceptors (Lipinski definition) is 7. The fourth-order valence-electron chi connectivity index (χ4n) is 5.56. The van der Waals surface area contributed by atoms with Gasteiger partial charge in [0.1, 0.15) is 18.4 Å². The largest absolute Gasteiger partial charge is 0.493 e. The van der Waals surface area contributed by atoms with Crippen LogP contribution in [0.4, 0.5) is 0 Å². The summed E-state index contributed by atoms with van der Waals surface area (Å²) in [5.74, 6) is 0.0730. The lowest BCUT2D eigenvalue weighted by atomic mass is 9.95. The summed E-state index contributed by atoms with van der Waals surface area (Å²) >= 11 is 1.32. The van der Waals surface area contributed by atoms with Crippen molar-refractivity contribution >= 4 is 44.9 Å². The van der Waals surface area contributed by atoms with Gasteiger partial charge in [-0.25, -0.2) is 9.79 Å². The van der Waals surface area contributed by atoms with E-state index in [-0.39, 0.29) is 18.8 Å². The predicted octanol–water partition coefficient (Wildman–Crippen LogP) is 5.52. The summed E-state index contributed by atoms with van der Waals surface area (Å²) < 4.78 is 18.9. The second-order valence-electron chi connectivity index (χ2n) is 10.3. The third-order valence-electron chi connectivity index (χ3n) is 7.53. The summed E-state index contributed by atoms with van der Waals surface area (Å²) in [5, 5.41) is 4.30. The maximum atomic E-state index is 14.4. The lowest BCUT2D eigenvalue weighted by Crippen LogP contribution is -2.40. The first-order valence-corrected chi connectivity index (χ1v) is 15.1. The van der Waals surface area contributed by atoms with Crippen molar-refractivity contribution in [3.63, 3.8) is 0 Å². The summed E-state index contributed by atoms with van der Waals surface area (Å²) in [4.78, 5) is 33.2. The van der Waals surface area contributed by atoms with Gasteiger partial charge in [0.2, 0.25) is 0 Å². The Morgan fingerprint density at radius 1 is 0.953 bits per heavy atom. The zero-order valence-corrected chi connectivity index (χ0v) is 25.1. The number of esters is 1. The number of methoxy groups -OCH3 is 1. The van der Waals surface area contributed by atoms with E-state index >= 15 is 0 Å². The Morgan fingerprint density at radius 3 is 2.33 bits per heavy atom. The molecule has 0 fully saturated rings. The van der Waals surface area contributed by atoms with Crippen LogP contribution in [-0.4, -0.2) is 37.5 Å². The first kappa shape index (κ1) is 28.6. The van der Waals surface area contributed by atoms with Gasteiger partial charge in [-0.15, -0.1) is 0 Å². The van der Waals surface area contributed by atoms with Crippen LogP contribution in [0.15, 0.2) is 99.9 Å². The van der Waals surface area contributed by atoms with Crippen molar-refractivity contribution in [1.82, 2.24) is 4.57 Å². The van der Waals surface area contributed by atoms with E-state index in [1.54, 1.807) is 18.6 Å². The number of nitrogens with zero attached hydrogens (tertiary/aromatic N) is 2. The number of rotatable bonds is 9. The number of aromatic nitrogens is 1. The minimum atomic E-state index is -0.772. The monoisotopic (exact) mass is 592 g/mol. The number of allylic oxidation sites excluding steroid dienone is 1. The van der Waals surface area contributed by atoms with Gasteiger partial charge in [0.15, 0.2) is 4.80 Å². The molecular weight excluding hydrogens is 560 g/mol. The highest BCUT2D eigenvalue weighted by molar-refractivity contribution is 7.07. The molecule has 1 aromatic heterocycles. The Hall–Kier alpha value is -4.53. The summed E-state index contributed by atoms with van der Waals surface area (Å²) in [6, 6.07) is 25.3. The number of carbonyl (C=O) groups excluding carboxylic acids is 1. The third kappa shape index (κ3) is 5.40. The second-order valence-corrected chi connectivity index (χ2v) is 11.3. The lowest BCUT2D eigenvalue weighted by Gasteiger charge is -2.26. The van der Waals surface area contributed by atoms with Gasteiger partial charge in [0, 0.05) is 12.7 Å². The van der Waals surface area contributed by atoms with Gasteiger partial charge in [-0.3, -0.25) is 9.36 Å². The van der Waals surface area contributed by atoms with Crippen LogP contribution in [0.2, 0.25) is 0 Å². The van der Waals surface area contributed by atoms with E-state index in [0.29, 0.717) is 38.5 Å². The SMILES string of the molecule is CCCOc1ccccc1[C@H]1C(C(=O)OCCOC)=C(C)N=c2s/c(=C/c3c4ccccc4cc4ccccc34)c(=O)n21. The van der Waals surface area contributed by atoms with E-state index in [1.807, 2.05) is 61.5 Å². The van der Waals surface area contributed by atoms with Gasteiger partial charge < -0.3 is 14.2 Å². The molecule has 0 amide bonds. The van der Waals surface area contributed by atoms with Crippen molar-refractivity contribution < 1.29 is 19.0 Å². The van der Waals surface area contributed by atoms with E-state index in [2.05, 4.69) is 30.3 Å². The van der Waals surface area contributed by atoms with Crippen LogP contribution >= 0.6 is 11.3 Å². The molecule has 1 aliphatic rings. The molecule has 5 aromatic rings. The van der Waals surface area contributed by atoms with Crippen LogP contribution in [0.1, 0.15) is 37.4 Å². The van der Waals surface area contributed by atoms with E-state index in [1.165, 1.54) is 11.3 Å². The van der Waals surface area contributed by atoms with Crippen molar-refractivity contribution in [2.24, 2.45) is 4.99 Å². The number of carbonyl (C=O) groups is 1. The number of para-hydroxylation sites is 1. The van der Waals surface area contributed by atoms with Gasteiger partial charge in [-0.2, -0.15) is 0 Å². The molecule has 43 heavy (non-hydrogen) atoms. The van der Waals surface area contributed by atoms with E-state index in [4.69, 9.17) is 19.2 Å². The van der Waals surface area contributed by atoms with Crippen molar-refractivity contribution in [3.05, 3.63) is 121 Å². The topological polar surface area (TPSA) is 79.1 Å². The van der Waals surface area contributed by atoms with Crippen LogP contribution < -0.4 is 19.6 Å². The molecular formula is C35H32N2O5S. The zero-order chi connectivity index (χ0) is 29.9. The lowest BCUT2D eigenvalue weighted by molar-refractivity contribution is -0.140. The van der Waals surface area contributed by atoms with E-state index in [0.717, 1.165) is 33.5 Å². The summed E-state index contributed by atoms with van der Waals surface area (Å²) in [7, 11) is 1.55. The number of hydrogen-bond donors (Lipinski definition) is 0. The molecule has 0 unspecified atom stereocenters. The number of benzene rings is 4. The Morgan fingerprint density at radius 2 is 1.63 bits per heavy atom. The third-order valence-corrected chi connectivity index (χ3v) is 8.51. The van der Waals surface area contributed by atoms with E-state index in [9.17, 15) is 9.59 Å². The summed E-state index contributed by atoms with van der Waals surface area (Å²) in [5.41, 5.74) is 2.24. The number of thiazole rings is 1. The maximum absolute atomic E-state index is 14.4. The first-order chi connectivity index (χ1) is 21.0. The maximum Gasteiger partial charge on any atom is 0.338 e. The van der Waals surface area contributed by atoms with Crippen molar-refractivity contribution in [1.29, 1.82) is 0 Å². The summed E-state index contributed by atoms with van der Waals surface area (Å²) in [6.45, 7) is 4.67. The van der Waals surface area contributed by atoms with E-state index < -0.39 is 12.0 Å². The molecule has 1 aliphatic heterocycles. The van der Waals surface area contributed by atoms with Crippen LogP contribution in [0, 0.1) is 0 Å². The minimum Gasteiger partial charge on any atom is -0.493 e. The average Bonchev–Trinajstić information content (AvgIpc) is 3.33. The Bertz CT molecular complexity index is 2000. The molecule has 0 aliphatic carbocycles. The molecule has 7 nitrogen and oxygen atoms in total. The van der Waals surface area contributed by atoms with Crippen LogP contribution in [0.5, 0.6) is 5.75 Å². The smallest absolute Gasteiger partial charge is 0.338 e. The molecule has 218 valence electrons. The Kier molecular flexibility index (Phi) is 8.22. The quantitative estimate of drug-likeness (QED) is 0.128. The standard InChI is InChI=1S/C35H32N2O5S/c1-4-17-41-29-16-10-9-15-27(29)32-31(34(39)42-19-18-40-3)22(2)36-35-37(32)33(38)30(43-35)21-28-25-13-7-5-11-23(25)20-24-12-6-8-14-26(24)28/h5-16,20-21,32H,4,17-19H2,1-3H3/b30-21+/t32-/m0/s1. The van der Waals surface area contributed by atoms with Crippen molar-refractivity contribution in [2.45, 2.75) is 26.3 Å². The van der Waals surface area contributed by atoms with Gasteiger partial charge in [-0.1, -0.05) is 85.0 Å². The van der Waals surface area contributed by atoms with Crippen molar-refractivity contribution in [2.75, 3.05) is 26.9 Å². The van der Waals surface area contributed by atoms with Crippen LogP contribution in [0.3, 0.4) is 0 Å². The first-order valence-electron chi connectivity index (χ1n) is 14.3. The fourth-order valence-corrected chi connectivity index (χ4v) is 6.59. The Labute approximate surface area is 253 Å². The molecule has 1 atom stereocenters. The van der Waals surface area contributed by atoms with Crippen LogP contribution in [-0.2, 0) is 14.3 Å². The molecule has 2 heterocycles. The highest BCUT2D eigenvalue weighted by atomic mass is 32.1. The molecule has 0 saturated carbocycles. The molecule has 4 aromatic carbocycles. The van der Waals surface area contributed by atoms with Gasteiger partial charge in [0.25, 0.3) is 5.56 Å². The Balaban J connectivity index is 1.59. The molecule has 0 saturated heterocycles. The fraction of sp³-hybridized carbons (Fsp3) is 0.229. The molecule has 0 bridgehead atoms. The zero-order valence-electron chi connectivity index (χ0n) is 24.3. The molecule has 0 radical (unpaired) electrons. The predicted molar refractivity (Wildman–Crippen MR) is 170 cm³/mol. The molecule has 0 N–H and O–H groups in total. The van der Waals surface area contributed by atoms with Crippen molar-refractivity contribution in [3.8, 4) is 5.75 Å². The highest BCUT2D eigenvalue weighted by Gasteiger charge is 2.35. The number of fused-ring (bicyclic) bond motifs is 3.